The van der Waals surface area contributed by atoms with E-state index in [1.807, 2.05) is 49.6 Å². The van der Waals surface area contributed by atoms with Crippen LogP contribution in [0.15, 0.2) is 67.3 Å². The third-order valence-corrected chi connectivity index (χ3v) is 8.99. The zero-order valence-electron chi connectivity index (χ0n) is 22.8. The molecule has 2 saturated heterocycles. The molecule has 3 unspecified atom stereocenters. The number of fused-ring (bicyclic) bond motifs is 3. The summed E-state index contributed by atoms with van der Waals surface area (Å²) in [6.45, 7) is 3.80. The lowest BCUT2D eigenvalue weighted by Gasteiger charge is -2.56. The molecule has 2 aromatic heterocycles. The summed E-state index contributed by atoms with van der Waals surface area (Å²) >= 11 is 0. The van der Waals surface area contributed by atoms with Crippen molar-refractivity contribution < 1.29 is 4.74 Å². The number of rotatable bonds is 5. The van der Waals surface area contributed by atoms with Crippen LogP contribution in [-0.2, 0) is 17.6 Å². The molecule has 3 aliphatic rings. The third-order valence-electron chi connectivity index (χ3n) is 8.99. The highest BCUT2D eigenvalue weighted by Crippen LogP contribution is 2.38. The molecule has 2 bridgehead atoms. The van der Waals surface area contributed by atoms with E-state index in [1.54, 1.807) is 6.33 Å². The predicted molar refractivity (Wildman–Crippen MR) is 158 cm³/mol. The molecule has 2 aromatic carbocycles. The minimum absolute atomic E-state index is 0.361. The van der Waals surface area contributed by atoms with Crippen LogP contribution in [0.2, 0.25) is 0 Å². The lowest BCUT2D eigenvalue weighted by molar-refractivity contribution is -0.148. The second-order valence-corrected chi connectivity index (χ2v) is 11.4. The number of nitrogen functional groups attached to an aromatic ring is 1. The summed E-state index contributed by atoms with van der Waals surface area (Å²) in [6, 6.07) is 18.6. The SMILES string of the molecule is Cc1cncnc1-c1ccc(C(=N)c2cc(-c3ccc4c(c3)CCC(N3C5COCC3C5)CC4)cnc2N)cc1. The third kappa shape index (κ3) is 4.49. The first-order valence-corrected chi connectivity index (χ1v) is 14.2. The molecule has 7 rings (SSSR count). The number of anilines is 1. The monoisotopic (exact) mass is 530 g/mol. The molecule has 0 radical (unpaired) electrons. The van der Waals surface area contributed by atoms with Crippen molar-refractivity contribution in [1.82, 2.24) is 19.9 Å². The Kier molecular flexibility index (Phi) is 6.41. The summed E-state index contributed by atoms with van der Waals surface area (Å²) in [4.78, 5) is 15.7. The standard InChI is InChI=1S/C33H34N6O/c1-20-15-36-19-38-32(20)23-5-3-22(4-6-23)31(34)30-13-26(16-37-33(30)35)25-7-2-21-8-10-27(11-9-24(21)12-25)39-28-14-29(39)18-40-17-28/h2-7,12-13,15-16,19,27-29,34H,8-11,14,17-18H2,1H3,(H2,35,37). The van der Waals surface area contributed by atoms with Gasteiger partial charge in [-0.3, -0.25) is 10.3 Å². The van der Waals surface area contributed by atoms with Gasteiger partial charge in [0.1, 0.15) is 12.1 Å². The first-order valence-electron chi connectivity index (χ1n) is 14.2. The molecule has 4 aromatic rings. The number of aryl methyl sites for hydroxylation is 3. The molecular weight excluding hydrogens is 496 g/mol. The van der Waals surface area contributed by atoms with E-state index in [2.05, 4.69) is 38.1 Å². The number of benzene rings is 2. The van der Waals surface area contributed by atoms with Crippen LogP contribution < -0.4 is 5.73 Å². The van der Waals surface area contributed by atoms with Crippen molar-refractivity contribution in [1.29, 1.82) is 5.41 Å². The van der Waals surface area contributed by atoms with E-state index in [0.29, 0.717) is 35.2 Å². The Labute approximate surface area is 235 Å². The Morgan fingerprint density at radius 1 is 0.875 bits per heavy atom. The number of nitrogens with zero attached hydrogens (tertiary/aromatic N) is 4. The smallest absolute Gasteiger partial charge is 0.132 e. The van der Waals surface area contributed by atoms with Gasteiger partial charge in [-0.2, -0.15) is 0 Å². The molecule has 3 atom stereocenters. The minimum Gasteiger partial charge on any atom is -0.383 e. The van der Waals surface area contributed by atoms with E-state index in [0.717, 1.165) is 59.6 Å². The fraction of sp³-hybridized carbons (Fsp3) is 0.333. The first kappa shape index (κ1) is 25.1. The molecule has 40 heavy (non-hydrogen) atoms. The number of hydrogen-bond acceptors (Lipinski definition) is 7. The summed E-state index contributed by atoms with van der Waals surface area (Å²) in [7, 11) is 0. The molecule has 7 nitrogen and oxygen atoms in total. The molecule has 3 N–H and O–H groups in total. The maximum Gasteiger partial charge on any atom is 0.132 e. The lowest BCUT2D eigenvalue weighted by Crippen LogP contribution is -2.66. The maximum absolute atomic E-state index is 8.95. The van der Waals surface area contributed by atoms with Crippen LogP contribution in [0, 0.1) is 12.3 Å². The van der Waals surface area contributed by atoms with Gasteiger partial charge in [0.2, 0.25) is 0 Å². The Hall–Kier alpha value is -3.94. The van der Waals surface area contributed by atoms with Gasteiger partial charge in [0.25, 0.3) is 0 Å². The molecule has 0 amide bonds. The van der Waals surface area contributed by atoms with Crippen LogP contribution in [0.25, 0.3) is 22.4 Å². The van der Waals surface area contributed by atoms with Crippen molar-refractivity contribution in [2.75, 3.05) is 18.9 Å². The highest BCUT2D eigenvalue weighted by Gasteiger charge is 2.45. The first-order chi connectivity index (χ1) is 19.5. The molecule has 0 spiro atoms. The van der Waals surface area contributed by atoms with Gasteiger partial charge in [-0.15, -0.1) is 0 Å². The van der Waals surface area contributed by atoms with Gasteiger partial charge >= 0.3 is 0 Å². The molecule has 2 aliphatic heterocycles. The summed E-state index contributed by atoms with van der Waals surface area (Å²) in [5.74, 6) is 0.367. The zero-order valence-corrected chi connectivity index (χ0v) is 22.8. The Morgan fingerprint density at radius 3 is 2.38 bits per heavy atom. The van der Waals surface area contributed by atoms with E-state index in [-0.39, 0.29) is 0 Å². The maximum atomic E-state index is 8.95. The molecule has 202 valence electrons. The minimum atomic E-state index is 0.361. The lowest BCUT2D eigenvalue weighted by atomic mass is 9.87. The number of hydrogen-bond donors (Lipinski definition) is 2. The van der Waals surface area contributed by atoms with E-state index in [9.17, 15) is 0 Å². The van der Waals surface area contributed by atoms with Crippen LogP contribution in [0.4, 0.5) is 5.82 Å². The zero-order chi connectivity index (χ0) is 27.2. The van der Waals surface area contributed by atoms with Gasteiger partial charge in [-0.25, -0.2) is 15.0 Å². The number of aromatic nitrogens is 3. The summed E-state index contributed by atoms with van der Waals surface area (Å²) in [5, 5.41) is 8.95. The fourth-order valence-corrected chi connectivity index (χ4v) is 6.82. The number of pyridine rings is 1. The fourth-order valence-electron chi connectivity index (χ4n) is 6.82. The predicted octanol–water partition coefficient (Wildman–Crippen LogP) is 5.23. The summed E-state index contributed by atoms with van der Waals surface area (Å²) in [6.07, 6.45) is 11.1. The second-order valence-electron chi connectivity index (χ2n) is 11.4. The number of morpholine rings is 1. The number of nitrogens with two attached hydrogens (primary N) is 1. The van der Waals surface area contributed by atoms with Crippen LogP contribution in [0.3, 0.4) is 0 Å². The second kappa shape index (κ2) is 10.2. The van der Waals surface area contributed by atoms with Crippen molar-refractivity contribution in [3.63, 3.8) is 0 Å². The molecule has 4 heterocycles. The van der Waals surface area contributed by atoms with Crippen molar-refractivity contribution in [3.05, 3.63) is 95.1 Å². The van der Waals surface area contributed by atoms with Crippen LogP contribution in [0.5, 0.6) is 0 Å². The molecule has 0 saturated carbocycles. The van der Waals surface area contributed by atoms with Gasteiger partial charge in [-0.1, -0.05) is 42.5 Å². The van der Waals surface area contributed by atoms with Crippen LogP contribution in [0.1, 0.15) is 47.1 Å². The van der Waals surface area contributed by atoms with Gasteiger partial charge in [0, 0.05) is 52.8 Å². The highest BCUT2D eigenvalue weighted by molar-refractivity contribution is 6.14. The molecular formula is C33H34N6O. The van der Waals surface area contributed by atoms with Gasteiger partial charge in [0.05, 0.1) is 24.6 Å². The Morgan fingerprint density at radius 2 is 1.62 bits per heavy atom. The normalized spacial score (nSPS) is 22.2. The molecule has 2 fully saturated rings. The van der Waals surface area contributed by atoms with Gasteiger partial charge < -0.3 is 10.5 Å². The number of ether oxygens (including phenoxy) is 1. The highest BCUT2D eigenvalue weighted by atomic mass is 16.5. The van der Waals surface area contributed by atoms with Crippen LogP contribution in [-0.4, -0.2) is 56.9 Å². The topological polar surface area (TPSA) is 101 Å². The number of nitrogens with one attached hydrogen (secondary N) is 1. The summed E-state index contributed by atoms with van der Waals surface area (Å²) in [5.41, 5.74) is 16.0. The van der Waals surface area contributed by atoms with E-state index >= 15 is 0 Å². The van der Waals surface area contributed by atoms with Crippen molar-refractivity contribution in [2.45, 2.75) is 57.2 Å². The van der Waals surface area contributed by atoms with Crippen molar-refractivity contribution in [3.8, 4) is 22.4 Å². The van der Waals surface area contributed by atoms with Gasteiger partial charge in [0.15, 0.2) is 0 Å². The van der Waals surface area contributed by atoms with E-state index < -0.39 is 0 Å². The van der Waals surface area contributed by atoms with Crippen molar-refractivity contribution >= 4 is 11.5 Å². The largest absolute Gasteiger partial charge is 0.383 e. The van der Waals surface area contributed by atoms with Crippen LogP contribution >= 0.6 is 0 Å². The van der Waals surface area contributed by atoms with E-state index in [1.165, 1.54) is 30.4 Å². The summed E-state index contributed by atoms with van der Waals surface area (Å²) < 4.78 is 5.72. The van der Waals surface area contributed by atoms with Crippen molar-refractivity contribution in [2.24, 2.45) is 0 Å². The van der Waals surface area contributed by atoms with E-state index in [4.69, 9.17) is 15.9 Å². The Bertz CT molecular complexity index is 1570. The average molecular weight is 531 g/mol. The Balaban J connectivity index is 1.11. The average Bonchev–Trinajstić information content (AvgIpc) is 3.20. The van der Waals surface area contributed by atoms with Gasteiger partial charge in [-0.05, 0) is 67.3 Å². The molecule has 7 heteroatoms. The molecule has 1 aliphatic carbocycles. The quantitative estimate of drug-likeness (QED) is 0.271.